The zero-order chi connectivity index (χ0) is 44.5. The molecule has 2 aromatic heterocycles. The molecule has 61 heavy (non-hydrogen) atoms. The number of carbonyl (C=O) groups excluding carboxylic acids is 3. The number of rotatable bonds is 10. The van der Waals surface area contributed by atoms with Crippen LogP contribution in [0.3, 0.4) is 0 Å². The second kappa shape index (κ2) is 21.6. The van der Waals surface area contributed by atoms with Gasteiger partial charge < -0.3 is 29.9 Å². The van der Waals surface area contributed by atoms with Crippen molar-refractivity contribution in [2.24, 2.45) is 34.5 Å². The molecule has 0 radical (unpaired) electrons. The number of amides is 2. The average Bonchev–Trinajstić information content (AvgIpc) is 3.86. The van der Waals surface area contributed by atoms with Crippen molar-refractivity contribution in [2.45, 2.75) is 156 Å². The van der Waals surface area contributed by atoms with Crippen LogP contribution in [0.15, 0.2) is 12.1 Å². The molecule has 4 fully saturated rings. The van der Waals surface area contributed by atoms with Crippen molar-refractivity contribution in [3.63, 3.8) is 0 Å². The highest BCUT2D eigenvalue weighted by Crippen LogP contribution is 2.44. The van der Waals surface area contributed by atoms with E-state index in [4.69, 9.17) is 4.74 Å². The Morgan fingerprint density at radius 3 is 1.41 bits per heavy atom. The van der Waals surface area contributed by atoms with Crippen molar-refractivity contribution in [3.8, 4) is 23.7 Å². The first kappa shape index (κ1) is 48.4. The summed E-state index contributed by atoms with van der Waals surface area (Å²) in [5.74, 6) is 11.6. The fourth-order valence-electron chi connectivity index (χ4n) is 9.48. The minimum atomic E-state index is -1.02. The largest absolute Gasteiger partial charge is 0.477 e. The molecule has 6 rings (SSSR count). The Morgan fingerprint density at radius 1 is 0.656 bits per heavy atom. The molecule has 2 aliphatic carbocycles. The Kier molecular flexibility index (Phi) is 17.1. The van der Waals surface area contributed by atoms with Crippen molar-refractivity contribution in [3.05, 3.63) is 31.6 Å². The third-order valence-corrected chi connectivity index (χ3v) is 14.5. The second-order valence-corrected chi connectivity index (χ2v) is 21.5. The van der Waals surface area contributed by atoms with E-state index in [2.05, 4.69) is 23.7 Å². The lowest BCUT2D eigenvalue weighted by atomic mass is 9.77. The lowest BCUT2D eigenvalue weighted by Gasteiger charge is -2.44. The van der Waals surface area contributed by atoms with Gasteiger partial charge in [0.2, 0.25) is 11.8 Å². The van der Waals surface area contributed by atoms with Crippen molar-refractivity contribution < 1.29 is 39.2 Å². The number of aromatic carboxylic acids is 1. The number of nitrogens with zero attached hydrogens (tertiary/aromatic N) is 2. The summed E-state index contributed by atoms with van der Waals surface area (Å²) in [7, 11) is 1.37. The van der Waals surface area contributed by atoms with Crippen LogP contribution in [0, 0.1) is 58.2 Å². The fraction of sp³-hybridized carbons (Fsp3) is 0.673. The lowest BCUT2D eigenvalue weighted by Crippen LogP contribution is -2.52. The molecule has 0 aromatic carbocycles. The highest BCUT2D eigenvalue weighted by Gasteiger charge is 2.43. The van der Waals surface area contributed by atoms with Crippen molar-refractivity contribution in [1.82, 2.24) is 0 Å². The molecular weight excluding hydrogens is 809 g/mol. The number of carboxylic acids is 1. The monoisotopic (exact) mass is 876 g/mol. The topological polar surface area (TPSA) is 145 Å². The Balaban J connectivity index is 0.000000231. The number of aliphatic hydroxyl groups is 2. The first-order chi connectivity index (χ1) is 29.0. The van der Waals surface area contributed by atoms with E-state index in [1.54, 1.807) is 11.0 Å². The first-order valence-corrected chi connectivity index (χ1v) is 24.1. The standard InChI is InChI=1S/C25H35NO4S.C24H33NO4S/c1-25(2,3)14-12-19-16-21(22(31-19)24(29)30-4)26-20(17-8-6-5-7-9-17)11-10-18(13-15-27)23(26)28;1-24(2,3)13-11-18-15-20(21(30-18)23(28)29)25-19(16-7-5-4-6-8-16)10-9-17(12-14-26)22(25)27/h16-18,20,27H,5-11,13,15H2,1-4H3;15-17,19,26H,4-10,12,14H2,1-3H3,(H,28,29)/t18?,20-;17?,19-/m00/s1. The van der Waals surface area contributed by atoms with Crippen LogP contribution < -0.4 is 9.80 Å². The summed E-state index contributed by atoms with van der Waals surface area (Å²) in [6, 6.07) is 3.81. The summed E-state index contributed by atoms with van der Waals surface area (Å²) in [5.41, 5.74) is 0.783. The maximum atomic E-state index is 13.6. The number of piperidine rings is 2. The van der Waals surface area contributed by atoms with Gasteiger partial charge in [-0.05, 0) is 130 Å². The summed E-state index contributed by atoms with van der Waals surface area (Å²) in [6.07, 6.45) is 15.8. The molecule has 2 saturated carbocycles. The van der Waals surface area contributed by atoms with Gasteiger partial charge in [0.25, 0.3) is 0 Å². The van der Waals surface area contributed by atoms with Crippen molar-refractivity contribution in [2.75, 3.05) is 30.1 Å². The van der Waals surface area contributed by atoms with Gasteiger partial charge in [0.05, 0.1) is 28.2 Å². The molecule has 4 atom stereocenters. The number of esters is 1. The van der Waals surface area contributed by atoms with E-state index in [0.29, 0.717) is 45.8 Å². The molecule has 12 heteroatoms. The zero-order valence-electron chi connectivity index (χ0n) is 37.4. The molecule has 4 aliphatic rings. The normalized spacial score (nSPS) is 23.0. The molecule has 334 valence electrons. The smallest absolute Gasteiger partial charge is 0.350 e. The van der Waals surface area contributed by atoms with Crippen LogP contribution in [-0.4, -0.2) is 71.5 Å². The van der Waals surface area contributed by atoms with Crippen LogP contribution >= 0.6 is 22.7 Å². The molecule has 0 spiro atoms. The highest BCUT2D eigenvalue weighted by molar-refractivity contribution is 7.15. The zero-order valence-corrected chi connectivity index (χ0v) is 39.1. The first-order valence-electron chi connectivity index (χ1n) is 22.5. The number of methoxy groups -OCH3 is 1. The van der Waals surface area contributed by atoms with Crippen LogP contribution in [0.25, 0.3) is 0 Å². The van der Waals surface area contributed by atoms with E-state index < -0.39 is 11.9 Å². The summed E-state index contributed by atoms with van der Waals surface area (Å²) in [5, 5.41) is 28.8. The van der Waals surface area contributed by atoms with Gasteiger partial charge in [-0.3, -0.25) is 9.59 Å². The number of thiophene rings is 2. The lowest BCUT2D eigenvalue weighted by molar-refractivity contribution is -0.126. The summed E-state index contributed by atoms with van der Waals surface area (Å²) < 4.78 is 5.06. The number of hydrogen-bond donors (Lipinski definition) is 3. The predicted octanol–water partition coefficient (Wildman–Crippen LogP) is 9.92. The van der Waals surface area contributed by atoms with Gasteiger partial charge in [0, 0.05) is 48.0 Å². The number of carboxylic acid groups (broad SMARTS) is 1. The molecule has 2 saturated heterocycles. The molecular formula is C49H68N2O8S2. The summed E-state index contributed by atoms with van der Waals surface area (Å²) in [4.78, 5) is 57.5. The number of aliphatic hydroxyl groups excluding tert-OH is 2. The molecule has 4 heterocycles. The SMILES string of the molecule is CC(C)(C)C#Cc1cc(N2C(=O)C(CCO)CC[C@H]2C2CCCCC2)c(C(=O)O)s1.COC(=O)c1sc(C#CC(C)(C)C)cc1N1C(=O)C(CCO)CC[C@H]1C1CCCCC1. The molecule has 2 amide bonds. The van der Waals surface area contributed by atoms with Gasteiger partial charge >= 0.3 is 11.9 Å². The van der Waals surface area contributed by atoms with E-state index in [1.165, 1.54) is 57.0 Å². The number of ether oxygens (including phenoxy) is 1. The van der Waals surface area contributed by atoms with Crippen LogP contribution in [-0.2, 0) is 14.3 Å². The second-order valence-electron chi connectivity index (χ2n) is 19.4. The molecule has 0 bridgehead atoms. The molecule has 10 nitrogen and oxygen atoms in total. The van der Waals surface area contributed by atoms with Crippen LogP contribution in [0.5, 0.6) is 0 Å². The highest BCUT2D eigenvalue weighted by atomic mass is 32.1. The van der Waals surface area contributed by atoms with E-state index >= 15 is 0 Å². The van der Waals surface area contributed by atoms with Crippen molar-refractivity contribution in [1.29, 1.82) is 0 Å². The third kappa shape index (κ3) is 12.7. The minimum Gasteiger partial charge on any atom is -0.477 e. The van der Waals surface area contributed by atoms with Crippen LogP contribution in [0.1, 0.15) is 173 Å². The van der Waals surface area contributed by atoms with E-state index in [1.807, 2.05) is 52.5 Å². The Labute approximate surface area is 371 Å². The van der Waals surface area contributed by atoms with Gasteiger partial charge in [0.15, 0.2) is 0 Å². The average molecular weight is 877 g/mol. The van der Waals surface area contributed by atoms with E-state index in [9.17, 15) is 34.5 Å². The van der Waals surface area contributed by atoms with E-state index in [0.717, 1.165) is 67.6 Å². The van der Waals surface area contributed by atoms with Gasteiger partial charge in [-0.2, -0.15) is 0 Å². The number of hydrogen-bond acceptors (Lipinski definition) is 9. The van der Waals surface area contributed by atoms with Crippen LogP contribution in [0.4, 0.5) is 11.4 Å². The Morgan fingerprint density at radius 2 is 1.05 bits per heavy atom. The molecule has 2 unspecified atom stereocenters. The molecule has 3 N–H and O–H groups in total. The van der Waals surface area contributed by atoms with Gasteiger partial charge in [-0.15, -0.1) is 22.7 Å². The summed E-state index contributed by atoms with van der Waals surface area (Å²) in [6.45, 7) is 12.1. The van der Waals surface area contributed by atoms with Gasteiger partial charge in [-0.1, -0.05) is 62.2 Å². The Bertz CT molecular complexity index is 1970. The van der Waals surface area contributed by atoms with Crippen LogP contribution in [0.2, 0.25) is 0 Å². The predicted molar refractivity (Wildman–Crippen MR) is 244 cm³/mol. The van der Waals surface area contributed by atoms with Crippen molar-refractivity contribution >= 4 is 57.8 Å². The maximum Gasteiger partial charge on any atom is 0.350 e. The molecule has 2 aromatic rings. The number of anilines is 2. The van der Waals surface area contributed by atoms with Gasteiger partial charge in [-0.25, -0.2) is 9.59 Å². The fourth-order valence-corrected chi connectivity index (χ4v) is 11.2. The Hall–Kier alpha value is -3.68. The maximum absolute atomic E-state index is 13.6. The number of carbonyl (C=O) groups is 4. The van der Waals surface area contributed by atoms with Gasteiger partial charge in [0.1, 0.15) is 9.75 Å². The minimum absolute atomic E-state index is 0.00581. The van der Waals surface area contributed by atoms with E-state index in [-0.39, 0.29) is 64.7 Å². The quantitative estimate of drug-likeness (QED) is 0.158. The third-order valence-electron chi connectivity index (χ3n) is 12.4. The molecule has 2 aliphatic heterocycles. The summed E-state index contributed by atoms with van der Waals surface area (Å²) >= 11 is 2.45.